The molecule has 1 rings (SSSR count). The lowest BCUT2D eigenvalue weighted by atomic mass is 9.86. The summed E-state index contributed by atoms with van der Waals surface area (Å²) in [6, 6.07) is 3.72. The van der Waals surface area contributed by atoms with E-state index < -0.39 is 11.3 Å². The van der Waals surface area contributed by atoms with E-state index in [4.69, 9.17) is 0 Å². The average Bonchev–Trinajstić information content (AvgIpc) is 2.39. The van der Waals surface area contributed by atoms with Crippen LogP contribution in [-0.4, -0.2) is 18.0 Å². The third-order valence-corrected chi connectivity index (χ3v) is 3.41. The van der Waals surface area contributed by atoms with E-state index >= 15 is 0 Å². The van der Waals surface area contributed by atoms with Gasteiger partial charge < -0.3 is 5.32 Å². The van der Waals surface area contributed by atoms with Crippen molar-refractivity contribution < 1.29 is 13.7 Å². The summed E-state index contributed by atoms with van der Waals surface area (Å²) in [6.07, 6.45) is -2.03. The van der Waals surface area contributed by atoms with E-state index in [0.717, 1.165) is 6.07 Å². The highest BCUT2D eigenvalue weighted by Gasteiger charge is 2.25. The second kappa shape index (κ2) is 6.56. The molecule has 1 N–H and O–H groups in total. The molecule has 0 fully saturated rings. The third-order valence-electron chi connectivity index (χ3n) is 3.41. The highest BCUT2D eigenvalue weighted by atomic mass is 19.3. The number of benzene rings is 1. The number of likely N-dealkylation sites (N-methyl/N-ethyl adjacent to an activating group) is 1. The Morgan fingerprint density at radius 1 is 1.37 bits per heavy atom. The van der Waals surface area contributed by atoms with Gasteiger partial charge >= 0.3 is 0 Å². The number of nitrogens with one attached hydrogen (secondary N) is 1. The zero-order valence-electron chi connectivity index (χ0n) is 11.2. The summed E-state index contributed by atoms with van der Waals surface area (Å²) in [4.78, 5) is 10.0. The van der Waals surface area contributed by atoms with Crippen molar-refractivity contribution in [2.24, 2.45) is 0 Å². The topological polar surface area (TPSA) is 55.2 Å². The molecule has 0 saturated heterocycles. The van der Waals surface area contributed by atoms with E-state index in [2.05, 4.69) is 5.32 Å². The number of hydrogen-bond donors (Lipinski definition) is 1. The third kappa shape index (κ3) is 3.47. The van der Waals surface area contributed by atoms with Crippen LogP contribution in [0.4, 0.5) is 14.5 Å². The standard InChI is InChI=1S/C13H18F2N2O2/c1-4-10(8(2)16-3)11-6-5-9(17(18)19)7-12(11)13(14)15/h5-8,10,13,16H,4H2,1-3H3. The zero-order valence-corrected chi connectivity index (χ0v) is 11.2. The van der Waals surface area contributed by atoms with Crippen LogP contribution < -0.4 is 5.32 Å². The molecule has 1 aromatic rings. The lowest BCUT2D eigenvalue weighted by molar-refractivity contribution is -0.385. The first-order chi connectivity index (χ1) is 8.92. The van der Waals surface area contributed by atoms with Crippen molar-refractivity contribution in [3.8, 4) is 0 Å². The van der Waals surface area contributed by atoms with Crippen LogP contribution in [0.2, 0.25) is 0 Å². The van der Waals surface area contributed by atoms with E-state index in [1.807, 2.05) is 13.8 Å². The van der Waals surface area contributed by atoms with Crippen LogP contribution in [0.15, 0.2) is 18.2 Å². The molecule has 19 heavy (non-hydrogen) atoms. The van der Waals surface area contributed by atoms with Crippen LogP contribution in [0.25, 0.3) is 0 Å². The second-order valence-corrected chi connectivity index (χ2v) is 4.46. The van der Waals surface area contributed by atoms with Gasteiger partial charge in [-0.05, 0) is 31.9 Å². The maximum atomic E-state index is 13.1. The molecule has 106 valence electrons. The van der Waals surface area contributed by atoms with Crippen LogP contribution >= 0.6 is 0 Å². The van der Waals surface area contributed by atoms with Crippen LogP contribution in [0, 0.1) is 10.1 Å². The van der Waals surface area contributed by atoms with Gasteiger partial charge in [0.25, 0.3) is 12.1 Å². The van der Waals surface area contributed by atoms with E-state index in [1.54, 1.807) is 7.05 Å². The van der Waals surface area contributed by atoms with E-state index in [9.17, 15) is 18.9 Å². The van der Waals surface area contributed by atoms with Crippen molar-refractivity contribution in [1.82, 2.24) is 5.32 Å². The van der Waals surface area contributed by atoms with Gasteiger partial charge in [-0.1, -0.05) is 13.0 Å². The first-order valence-corrected chi connectivity index (χ1v) is 6.16. The fourth-order valence-electron chi connectivity index (χ4n) is 2.25. The number of non-ortho nitro benzene ring substituents is 1. The zero-order chi connectivity index (χ0) is 14.6. The first kappa shape index (κ1) is 15.5. The van der Waals surface area contributed by atoms with Gasteiger partial charge in [0, 0.05) is 23.7 Å². The number of rotatable bonds is 6. The van der Waals surface area contributed by atoms with Crippen molar-refractivity contribution in [2.75, 3.05) is 7.05 Å². The molecule has 0 aliphatic rings. The summed E-state index contributed by atoms with van der Waals surface area (Å²) in [5, 5.41) is 13.7. The summed E-state index contributed by atoms with van der Waals surface area (Å²) in [6.45, 7) is 3.82. The predicted molar refractivity (Wildman–Crippen MR) is 69.6 cm³/mol. The molecule has 0 saturated carbocycles. The maximum absolute atomic E-state index is 13.1. The molecule has 0 aromatic heterocycles. The van der Waals surface area contributed by atoms with Gasteiger partial charge in [-0.25, -0.2) is 8.78 Å². The molecule has 0 amide bonds. The molecule has 0 radical (unpaired) electrons. The Hall–Kier alpha value is -1.56. The number of nitro groups is 1. The number of halogens is 2. The highest BCUT2D eigenvalue weighted by molar-refractivity contribution is 5.42. The van der Waals surface area contributed by atoms with Gasteiger partial charge in [0.05, 0.1) is 4.92 Å². The van der Waals surface area contributed by atoms with Gasteiger partial charge in [-0.15, -0.1) is 0 Å². The first-order valence-electron chi connectivity index (χ1n) is 6.16. The molecule has 6 heteroatoms. The summed E-state index contributed by atoms with van der Waals surface area (Å²) < 4.78 is 26.2. The molecule has 1 aromatic carbocycles. The number of alkyl halides is 2. The van der Waals surface area contributed by atoms with E-state index in [1.165, 1.54) is 12.1 Å². The maximum Gasteiger partial charge on any atom is 0.269 e. The summed E-state index contributed by atoms with van der Waals surface area (Å²) in [5.74, 6) is -0.102. The molecule has 2 atom stereocenters. The minimum Gasteiger partial charge on any atom is -0.317 e. The van der Waals surface area contributed by atoms with Crippen molar-refractivity contribution in [3.63, 3.8) is 0 Å². The molecule has 0 spiro atoms. The normalized spacial score (nSPS) is 14.4. The molecule has 0 aliphatic carbocycles. The molecule has 0 aliphatic heterocycles. The minimum atomic E-state index is -2.71. The lowest BCUT2D eigenvalue weighted by Gasteiger charge is -2.24. The smallest absolute Gasteiger partial charge is 0.269 e. The van der Waals surface area contributed by atoms with Crippen molar-refractivity contribution in [1.29, 1.82) is 0 Å². The molecule has 4 nitrogen and oxygen atoms in total. The predicted octanol–water partition coefficient (Wildman–Crippen LogP) is 3.63. The Morgan fingerprint density at radius 3 is 2.42 bits per heavy atom. The van der Waals surface area contributed by atoms with Gasteiger partial charge in [-0.2, -0.15) is 0 Å². The van der Waals surface area contributed by atoms with Crippen LogP contribution in [0.3, 0.4) is 0 Å². The van der Waals surface area contributed by atoms with Crippen molar-refractivity contribution >= 4 is 5.69 Å². The number of nitrogens with zero attached hydrogens (tertiary/aromatic N) is 1. The minimum absolute atomic E-state index is 0.0176. The summed E-state index contributed by atoms with van der Waals surface area (Å²) in [7, 11) is 1.76. The molecular formula is C13H18F2N2O2. The Kier molecular flexibility index (Phi) is 5.35. The fourth-order valence-corrected chi connectivity index (χ4v) is 2.25. The van der Waals surface area contributed by atoms with E-state index in [0.29, 0.717) is 12.0 Å². The summed E-state index contributed by atoms with van der Waals surface area (Å²) >= 11 is 0. The molecular weight excluding hydrogens is 254 g/mol. The van der Waals surface area contributed by atoms with Gasteiger partial charge in [0.2, 0.25) is 0 Å². The number of nitro benzene ring substituents is 1. The largest absolute Gasteiger partial charge is 0.317 e. The molecule has 0 bridgehead atoms. The molecule has 2 unspecified atom stereocenters. The van der Waals surface area contributed by atoms with Gasteiger partial charge in [0.1, 0.15) is 0 Å². The van der Waals surface area contributed by atoms with Crippen molar-refractivity contribution in [3.05, 3.63) is 39.4 Å². The Morgan fingerprint density at radius 2 is 2.00 bits per heavy atom. The Labute approximate surface area is 111 Å². The highest BCUT2D eigenvalue weighted by Crippen LogP contribution is 2.34. The Bertz CT molecular complexity index is 452. The fraction of sp³-hybridized carbons (Fsp3) is 0.538. The van der Waals surface area contributed by atoms with Gasteiger partial charge in [-0.3, -0.25) is 10.1 Å². The average molecular weight is 272 g/mol. The van der Waals surface area contributed by atoms with Crippen molar-refractivity contribution in [2.45, 2.75) is 38.7 Å². The molecule has 0 heterocycles. The monoisotopic (exact) mass is 272 g/mol. The van der Waals surface area contributed by atoms with Crippen LogP contribution in [-0.2, 0) is 0 Å². The van der Waals surface area contributed by atoms with E-state index in [-0.39, 0.29) is 23.2 Å². The quantitative estimate of drug-likeness (QED) is 0.635. The second-order valence-electron chi connectivity index (χ2n) is 4.46. The summed E-state index contributed by atoms with van der Waals surface area (Å²) in [5.41, 5.74) is -0.0703. The lowest BCUT2D eigenvalue weighted by Crippen LogP contribution is -2.29. The Balaban J connectivity index is 3.29. The number of hydrogen-bond acceptors (Lipinski definition) is 3. The van der Waals surface area contributed by atoms with Crippen LogP contribution in [0.1, 0.15) is 43.7 Å². The van der Waals surface area contributed by atoms with Crippen LogP contribution in [0.5, 0.6) is 0 Å². The van der Waals surface area contributed by atoms with Gasteiger partial charge in [0.15, 0.2) is 0 Å². The SMILES string of the molecule is CCC(c1ccc([N+](=O)[O-])cc1C(F)F)C(C)NC.